The molecule has 4 nitrogen and oxygen atoms in total. The summed E-state index contributed by atoms with van der Waals surface area (Å²) in [4.78, 5) is 23.2. The molecule has 18 heavy (non-hydrogen) atoms. The Balaban J connectivity index is 2.90. The Morgan fingerprint density at radius 1 is 1.28 bits per heavy atom. The van der Waals surface area contributed by atoms with Crippen molar-refractivity contribution in [2.24, 2.45) is 11.8 Å². The van der Waals surface area contributed by atoms with E-state index in [9.17, 15) is 9.59 Å². The van der Waals surface area contributed by atoms with Crippen LogP contribution in [0.2, 0.25) is 0 Å². The molecule has 1 aromatic carbocycles. The van der Waals surface area contributed by atoms with E-state index < -0.39 is 11.9 Å². The van der Waals surface area contributed by atoms with E-state index in [-0.39, 0.29) is 18.1 Å². The first-order valence-electron chi connectivity index (χ1n) is 6.00. The average molecular weight is 249 g/mol. The lowest BCUT2D eigenvalue weighted by atomic mass is 9.89. The van der Waals surface area contributed by atoms with Crippen LogP contribution in [0.5, 0.6) is 0 Å². The molecule has 0 heterocycles. The minimum Gasteiger partial charge on any atom is -0.481 e. The molecular formula is C14H19NO3. The van der Waals surface area contributed by atoms with Gasteiger partial charge in [0.05, 0.1) is 5.92 Å². The molecule has 0 bridgehead atoms. The number of anilines is 1. The van der Waals surface area contributed by atoms with Crippen LogP contribution in [0.15, 0.2) is 24.3 Å². The normalized spacial score (nSPS) is 12.2. The number of carbonyl (C=O) groups excluding carboxylic acids is 1. The fourth-order valence-electron chi connectivity index (χ4n) is 1.86. The molecule has 0 aliphatic carbocycles. The second-order valence-electron chi connectivity index (χ2n) is 4.61. The molecule has 2 N–H and O–H groups in total. The summed E-state index contributed by atoms with van der Waals surface area (Å²) in [5, 5.41) is 12.0. The van der Waals surface area contributed by atoms with Crippen molar-refractivity contribution in [2.45, 2.75) is 20.3 Å². The number of aliphatic carboxylic acids is 1. The standard InChI is InChI=1S/C14H19NO3/c1-9(2)11(14(17)18)8-13(16)10-6-4-5-7-12(10)15-3/h4-7,9,11,15H,8H2,1-3H3,(H,17,18). The van der Waals surface area contributed by atoms with Gasteiger partial charge < -0.3 is 10.4 Å². The van der Waals surface area contributed by atoms with Gasteiger partial charge in [-0.25, -0.2) is 0 Å². The maximum Gasteiger partial charge on any atom is 0.307 e. The summed E-state index contributed by atoms with van der Waals surface area (Å²) in [5.41, 5.74) is 1.28. The molecule has 0 spiro atoms. The summed E-state index contributed by atoms with van der Waals surface area (Å²) in [7, 11) is 1.74. The SMILES string of the molecule is CNc1ccccc1C(=O)CC(C(=O)O)C(C)C. The summed E-state index contributed by atoms with van der Waals surface area (Å²) in [5.74, 6) is -1.75. The molecule has 1 atom stereocenters. The van der Waals surface area contributed by atoms with Gasteiger partial charge in [0.2, 0.25) is 0 Å². The number of rotatable bonds is 6. The van der Waals surface area contributed by atoms with Crippen LogP contribution < -0.4 is 5.32 Å². The third-order valence-electron chi connectivity index (χ3n) is 3.02. The third kappa shape index (κ3) is 3.32. The van der Waals surface area contributed by atoms with E-state index in [1.807, 2.05) is 19.9 Å². The minimum absolute atomic E-state index is 0.0334. The first kappa shape index (κ1) is 14.2. The van der Waals surface area contributed by atoms with Crippen LogP contribution in [-0.4, -0.2) is 23.9 Å². The number of hydrogen-bond donors (Lipinski definition) is 2. The highest BCUT2D eigenvalue weighted by atomic mass is 16.4. The fraction of sp³-hybridized carbons (Fsp3) is 0.429. The molecule has 0 saturated carbocycles. The van der Waals surface area contributed by atoms with E-state index in [0.29, 0.717) is 5.56 Å². The van der Waals surface area contributed by atoms with E-state index in [1.54, 1.807) is 25.2 Å². The Kier molecular flexibility index (Phi) is 4.89. The number of para-hydroxylation sites is 1. The highest BCUT2D eigenvalue weighted by Crippen LogP contribution is 2.22. The van der Waals surface area contributed by atoms with Gasteiger partial charge >= 0.3 is 5.97 Å². The lowest BCUT2D eigenvalue weighted by Gasteiger charge is -2.16. The summed E-state index contributed by atoms with van der Waals surface area (Å²) in [6.45, 7) is 3.63. The van der Waals surface area contributed by atoms with Crippen molar-refractivity contribution >= 4 is 17.4 Å². The molecule has 0 aliphatic rings. The first-order chi connectivity index (χ1) is 8.47. The van der Waals surface area contributed by atoms with Gasteiger partial charge in [0.25, 0.3) is 0 Å². The van der Waals surface area contributed by atoms with Crippen LogP contribution in [0.3, 0.4) is 0 Å². The molecule has 0 aliphatic heterocycles. The molecule has 0 amide bonds. The number of hydrogen-bond acceptors (Lipinski definition) is 3. The van der Waals surface area contributed by atoms with E-state index in [2.05, 4.69) is 5.32 Å². The molecule has 1 aromatic rings. The van der Waals surface area contributed by atoms with Gasteiger partial charge in [-0.05, 0) is 18.1 Å². The predicted molar refractivity (Wildman–Crippen MR) is 70.9 cm³/mol. The smallest absolute Gasteiger partial charge is 0.307 e. The van der Waals surface area contributed by atoms with Gasteiger partial charge in [-0.3, -0.25) is 9.59 Å². The number of carboxylic acids is 1. The van der Waals surface area contributed by atoms with Crippen LogP contribution >= 0.6 is 0 Å². The highest BCUT2D eigenvalue weighted by Gasteiger charge is 2.25. The Morgan fingerprint density at radius 2 is 1.89 bits per heavy atom. The second kappa shape index (κ2) is 6.19. The van der Waals surface area contributed by atoms with Gasteiger partial charge in [-0.15, -0.1) is 0 Å². The number of carboxylic acid groups (broad SMARTS) is 1. The van der Waals surface area contributed by atoms with Crippen molar-refractivity contribution in [1.82, 2.24) is 0 Å². The number of carbonyl (C=O) groups is 2. The summed E-state index contributed by atoms with van der Waals surface area (Å²) in [6.07, 6.45) is 0.0334. The van der Waals surface area contributed by atoms with Crippen LogP contribution in [0, 0.1) is 11.8 Å². The highest BCUT2D eigenvalue weighted by molar-refractivity contribution is 6.02. The van der Waals surface area contributed by atoms with Crippen molar-refractivity contribution in [1.29, 1.82) is 0 Å². The van der Waals surface area contributed by atoms with Gasteiger partial charge in [-0.1, -0.05) is 26.0 Å². The zero-order valence-corrected chi connectivity index (χ0v) is 10.9. The predicted octanol–water partition coefficient (Wildman–Crippen LogP) is 2.66. The van der Waals surface area contributed by atoms with Crippen LogP contribution in [-0.2, 0) is 4.79 Å². The molecule has 1 rings (SSSR count). The van der Waals surface area contributed by atoms with Gasteiger partial charge in [-0.2, -0.15) is 0 Å². The summed E-state index contributed by atoms with van der Waals surface area (Å²) < 4.78 is 0. The Morgan fingerprint density at radius 3 is 2.39 bits per heavy atom. The second-order valence-corrected chi connectivity index (χ2v) is 4.61. The fourth-order valence-corrected chi connectivity index (χ4v) is 1.86. The topological polar surface area (TPSA) is 66.4 Å². The van der Waals surface area contributed by atoms with Crippen LogP contribution in [0.25, 0.3) is 0 Å². The molecule has 1 unspecified atom stereocenters. The van der Waals surface area contributed by atoms with Gasteiger partial charge in [0.15, 0.2) is 5.78 Å². The zero-order chi connectivity index (χ0) is 13.7. The van der Waals surface area contributed by atoms with E-state index in [0.717, 1.165) is 5.69 Å². The van der Waals surface area contributed by atoms with Gasteiger partial charge in [0.1, 0.15) is 0 Å². The summed E-state index contributed by atoms with van der Waals surface area (Å²) in [6, 6.07) is 7.13. The van der Waals surface area contributed by atoms with Crippen molar-refractivity contribution in [3.8, 4) is 0 Å². The molecule has 0 saturated heterocycles. The number of ketones is 1. The molecular weight excluding hydrogens is 230 g/mol. The Labute approximate surface area is 107 Å². The van der Waals surface area contributed by atoms with E-state index >= 15 is 0 Å². The number of Topliss-reactive ketones (excluding diaryl/α,β-unsaturated/α-hetero) is 1. The molecule has 0 aromatic heterocycles. The average Bonchev–Trinajstić information content (AvgIpc) is 2.34. The molecule has 4 heteroatoms. The van der Waals surface area contributed by atoms with Crippen LogP contribution in [0.1, 0.15) is 30.6 Å². The minimum atomic E-state index is -0.916. The number of nitrogens with one attached hydrogen (secondary N) is 1. The third-order valence-corrected chi connectivity index (χ3v) is 3.02. The van der Waals surface area contributed by atoms with Gasteiger partial charge in [0, 0.05) is 24.7 Å². The Hall–Kier alpha value is -1.84. The van der Waals surface area contributed by atoms with Crippen molar-refractivity contribution in [3.05, 3.63) is 29.8 Å². The summed E-state index contributed by atoms with van der Waals surface area (Å²) >= 11 is 0. The lowest BCUT2D eigenvalue weighted by molar-refractivity contribution is -0.143. The van der Waals surface area contributed by atoms with Crippen molar-refractivity contribution in [3.63, 3.8) is 0 Å². The van der Waals surface area contributed by atoms with Crippen LogP contribution in [0.4, 0.5) is 5.69 Å². The Bertz CT molecular complexity index is 440. The molecule has 0 radical (unpaired) electrons. The quantitative estimate of drug-likeness (QED) is 0.761. The zero-order valence-electron chi connectivity index (χ0n) is 10.9. The van der Waals surface area contributed by atoms with Crippen molar-refractivity contribution < 1.29 is 14.7 Å². The first-order valence-corrected chi connectivity index (χ1v) is 6.00. The maximum atomic E-state index is 12.1. The largest absolute Gasteiger partial charge is 0.481 e. The van der Waals surface area contributed by atoms with Crippen molar-refractivity contribution in [2.75, 3.05) is 12.4 Å². The number of benzene rings is 1. The monoisotopic (exact) mass is 249 g/mol. The molecule has 98 valence electrons. The van der Waals surface area contributed by atoms with E-state index in [1.165, 1.54) is 0 Å². The lowest BCUT2D eigenvalue weighted by Crippen LogP contribution is -2.23. The van der Waals surface area contributed by atoms with E-state index in [4.69, 9.17) is 5.11 Å². The molecule has 0 fully saturated rings. The maximum absolute atomic E-state index is 12.1.